The van der Waals surface area contributed by atoms with Gasteiger partial charge < -0.3 is 0 Å². The van der Waals surface area contributed by atoms with Crippen LogP contribution in [-0.4, -0.2) is 9.97 Å². The van der Waals surface area contributed by atoms with Crippen LogP contribution >= 0.6 is 0 Å². The zero-order valence-corrected chi connectivity index (χ0v) is 22.7. The molecule has 0 aliphatic rings. The minimum atomic E-state index is 0.858. The van der Waals surface area contributed by atoms with E-state index in [2.05, 4.69) is 57.4 Å². The highest BCUT2D eigenvalue weighted by atomic mass is 14.9. The van der Waals surface area contributed by atoms with E-state index in [0.29, 0.717) is 0 Å². The first kappa shape index (κ1) is 28.5. The standard InChI is InChI=1S/C32H52N2/c1-4-5-6-7-8-12-15-18-23-30-24-19-20-25-31(30)32-33-26-29(27-34-32)22-17-14-11-9-10-13-16-21-28(2)3/h19-20,24-28H,4-18,21-23H2,1-3H3. The monoisotopic (exact) mass is 464 g/mol. The molecule has 0 amide bonds. The fourth-order valence-electron chi connectivity index (χ4n) is 4.79. The molecule has 34 heavy (non-hydrogen) atoms. The van der Waals surface area contributed by atoms with Gasteiger partial charge in [0.2, 0.25) is 0 Å². The highest BCUT2D eigenvalue weighted by Gasteiger charge is 2.08. The average Bonchev–Trinajstić information content (AvgIpc) is 2.85. The second kappa shape index (κ2) is 18.6. The van der Waals surface area contributed by atoms with Gasteiger partial charge in [0.1, 0.15) is 0 Å². The van der Waals surface area contributed by atoms with Gasteiger partial charge in [-0.2, -0.15) is 0 Å². The van der Waals surface area contributed by atoms with Gasteiger partial charge >= 0.3 is 0 Å². The van der Waals surface area contributed by atoms with Crippen LogP contribution in [-0.2, 0) is 12.8 Å². The Morgan fingerprint density at radius 1 is 0.618 bits per heavy atom. The molecule has 0 N–H and O–H groups in total. The molecule has 0 unspecified atom stereocenters. The minimum Gasteiger partial charge on any atom is -0.236 e. The fourth-order valence-corrected chi connectivity index (χ4v) is 4.79. The van der Waals surface area contributed by atoms with Crippen molar-refractivity contribution in [1.82, 2.24) is 9.97 Å². The molecular weight excluding hydrogens is 412 g/mol. The summed E-state index contributed by atoms with van der Waals surface area (Å²) in [6, 6.07) is 8.72. The molecule has 0 saturated carbocycles. The summed E-state index contributed by atoms with van der Waals surface area (Å²) in [6.45, 7) is 6.94. The molecular formula is C32H52N2. The van der Waals surface area contributed by atoms with Crippen LogP contribution in [0.4, 0.5) is 0 Å². The summed E-state index contributed by atoms with van der Waals surface area (Å²) in [6.07, 6.45) is 28.2. The van der Waals surface area contributed by atoms with E-state index in [1.165, 1.54) is 119 Å². The number of aromatic nitrogens is 2. The Hall–Kier alpha value is -1.70. The van der Waals surface area contributed by atoms with Gasteiger partial charge in [0.15, 0.2) is 5.82 Å². The van der Waals surface area contributed by atoms with Gasteiger partial charge in [-0.15, -0.1) is 0 Å². The number of aryl methyl sites for hydroxylation is 2. The molecule has 2 rings (SSSR count). The molecule has 0 aliphatic carbocycles. The molecule has 0 aliphatic heterocycles. The Morgan fingerprint density at radius 3 is 1.76 bits per heavy atom. The summed E-state index contributed by atoms with van der Waals surface area (Å²) < 4.78 is 0. The summed E-state index contributed by atoms with van der Waals surface area (Å²) in [4.78, 5) is 9.50. The van der Waals surface area contributed by atoms with Crippen molar-refractivity contribution in [2.45, 2.75) is 136 Å². The summed E-state index contributed by atoms with van der Waals surface area (Å²) >= 11 is 0. The van der Waals surface area contributed by atoms with Gasteiger partial charge in [-0.1, -0.05) is 135 Å². The third-order valence-electron chi connectivity index (χ3n) is 7.01. The molecule has 0 fully saturated rings. The molecule has 1 aromatic carbocycles. The lowest BCUT2D eigenvalue weighted by Gasteiger charge is -2.09. The molecule has 1 aromatic heterocycles. The molecule has 1 heterocycles. The van der Waals surface area contributed by atoms with Crippen LogP contribution in [0.2, 0.25) is 0 Å². The topological polar surface area (TPSA) is 25.8 Å². The fraction of sp³-hybridized carbons (Fsp3) is 0.688. The van der Waals surface area contributed by atoms with E-state index in [4.69, 9.17) is 9.97 Å². The van der Waals surface area contributed by atoms with E-state index in [-0.39, 0.29) is 0 Å². The van der Waals surface area contributed by atoms with Crippen molar-refractivity contribution in [3.05, 3.63) is 47.8 Å². The molecule has 2 aromatic rings. The Morgan fingerprint density at radius 2 is 1.15 bits per heavy atom. The van der Waals surface area contributed by atoms with E-state index >= 15 is 0 Å². The quantitative estimate of drug-likeness (QED) is 0.182. The number of rotatable bonds is 20. The minimum absolute atomic E-state index is 0.858. The highest BCUT2D eigenvalue weighted by Crippen LogP contribution is 2.23. The van der Waals surface area contributed by atoms with Crippen molar-refractivity contribution >= 4 is 0 Å². The van der Waals surface area contributed by atoms with Gasteiger partial charge in [-0.3, -0.25) is 0 Å². The molecule has 2 heteroatoms. The molecule has 0 atom stereocenters. The highest BCUT2D eigenvalue weighted by molar-refractivity contribution is 5.59. The maximum atomic E-state index is 4.75. The first-order valence-corrected chi connectivity index (χ1v) is 14.6. The Bertz CT molecular complexity index is 735. The molecule has 0 bridgehead atoms. The SMILES string of the molecule is CCCCCCCCCCc1ccccc1-c1ncc(CCCCCCCCCC(C)C)cn1. The van der Waals surface area contributed by atoms with Crippen LogP contribution in [0, 0.1) is 5.92 Å². The number of unbranched alkanes of at least 4 members (excludes halogenated alkanes) is 13. The predicted molar refractivity (Wildman–Crippen MR) is 149 cm³/mol. The van der Waals surface area contributed by atoms with Crippen molar-refractivity contribution < 1.29 is 0 Å². The van der Waals surface area contributed by atoms with E-state index in [0.717, 1.165) is 24.6 Å². The molecule has 0 saturated heterocycles. The van der Waals surface area contributed by atoms with Gasteiger partial charge in [0, 0.05) is 18.0 Å². The third kappa shape index (κ3) is 12.7. The third-order valence-corrected chi connectivity index (χ3v) is 7.01. The number of benzene rings is 1. The van der Waals surface area contributed by atoms with E-state index in [1.807, 2.05) is 0 Å². The van der Waals surface area contributed by atoms with Gasteiger partial charge in [0.05, 0.1) is 0 Å². The van der Waals surface area contributed by atoms with Gasteiger partial charge in [0.25, 0.3) is 0 Å². The second-order valence-electron chi connectivity index (χ2n) is 10.7. The van der Waals surface area contributed by atoms with Crippen LogP contribution < -0.4 is 0 Å². The molecule has 0 radical (unpaired) electrons. The maximum Gasteiger partial charge on any atom is 0.159 e. The lowest BCUT2D eigenvalue weighted by molar-refractivity contribution is 0.509. The first-order chi connectivity index (χ1) is 16.7. The zero-order valence-electron chi connectivity index (χ0n) is 22.7. The summed E-state index contributed by atoms with van der Waals surface area (Å²) in [5.74, 6) is 1.75. The Balaban J connectivity index is 1.66. The Labute approximate surface area is 211 Å². The lowest BCUT2D eigenvalue weighted by Crippen LogP contribution is -1.97. The van der Waals surface area contributed by atoms with Crippen LogP contribution in [0.1, 0.15) is 135 Å². The smallest absolute Gasteiger partial charge is 0.159 e. The van der Waals surface area contributed by atoms with Gasteiger partial charge in [-0.05, 0) is 42.7 Å². The zero-order chi connectivity index (χ0) is 24.3. The van der Waals surface area contributed by atoms with Crippen molar-refractivity contribution in [3.8, 4) is 11.4 Å². The Kier molecular flexibility index (Phi) is 15.6. The molecule has 2 nitrogen and oxygen atoms in total. The van der Waals surface area contributed by atoms with Gasteiger partial charge in [-0.25, -0.2) is 9.97 Å². The molecule has 190 valence electrons. The van der Waals surface area contributed by atoms with E-state index in [1.54, 1.807) is 0 Å². The summed E-state index contributed by atoms with van der Waals surface area (Å²) in [5, 5.41) is 0. The van der Waals surface area contributed by atoms with Crippen LogP contribution in [0.25, 0.3) is 11.4 Å². The largest absolute Gasteiger partial charge is 0.236 e. The predicted octanol–water partition coefficient (Wildman–Crippen LogP) is 10.1. The first-order valence-electron chi connectivity index (χ1n) is 14.6. The van der Waals surface area contributed by atoms with E-state index < -0.39 is 0 Å². The van der Waals surface area contributed by atoms with Crippen molar-refractivity contribution in [3.63, 3.8) is 0 Å². The van der Waals surface area contributed by atoms with Crippen LogP contribution in [0.5, 0.6) is 0 Å². The van der Waals surface area contributed by atoms with Crippen LogP contribution in [0.15, 0.2) is 36.7 Å². The van der Waals surface area contributed by atoms with E-state index in [9.17, 15) is 0 Å². The van der Waals surface area contributed by atoms with Crippen molar-refractivity contribution in [2.75, 3.05) is 0 Å². The number of nitrogens with zero attached hydrogens (tertiary/aromatic N) is 2. The lowest BCUT2D eigenvalue weighted by atomic mass is 9.99. The number of hydrogen-bond acceptors (Lipinski definition) is 2. The molecule has 0 spiro atoms. The van der Waals surface area contributed by atoms with Crippen molar-refractivity contribution in [2.24, 2.45) is 5.92 Å². The second-order valence-corrected chi connectivity index (χ2v) is 10.7. The number of hydrogen-bond donors (Lipinski definition) is 0. The average molecular weight is 465 g/mol. The van der Waals surface area contributed by atoms with Crippen molar-refractivity contribution in [1.29, 1.82) is 0 Å². The van der Waals surface area contributed by atoms with Crippen LogP contribution in [0.3, 0.4) is 0 Å². The summed E-state index contributed by atoms with van der Waals surface area (Å²) in [5.41, 5.74) is 3.89. The maximum absolute atomic E-state index is 4.75. The summed E-state index contributed by atoms with van der Waals surface area (Å²) in [7, 11) is 0. The normalized spacial score (nSPS) is 11.4.